The van der Waals surface area contributed by atoms with Crippen LogP contribution in [0.2, 0.25) is 5.02 Å². The molecule has 134 valence electrons. The minimum Gasteiger partial charge on any atom is -0.332 e. The summed E-state index contributed by atoms with van der Waals surface area (Å²) in [6.07, 6.45) is 1.62. The molecule has 0 fully saturated rings. The monoisotopic (exact) mass is 378 g/mol. The van der Waals surface area contributed by atoms with Crippen molar-refractivity contribution in [1.29, 1.82) is 0 Å². The Kier molecular flexibility index (Phi) is 4.33. The highest BCUT2D eigenvalue weighted by Crippen LogP contribution is 2.22. The molecule has 27 heavy (non-hydrogen) atoms. The number of benzene rings is 2. The van der Waals surface area contributed by atoms with Gasteiger partial charge in [0.25, 0.3) is 5.89 Å². The lowest BCUT2D eigenvalue weighted by atomic mass is 10.1. The van der Waals surface area contributed by atoms with Gasteiger partial charge in [0.1, 0.15) is 0 Å². The third kappa shape index (κ3) is 3.52. The van der Waals surface area contributed by atoms with Crippen LogP contribution >= 0.6 is 11.6 Å². The summed E-state index contributed by atoms with van der Waals surface area (Å²) >= 11 is 6.01. The second-order valence-electron chi connectivity index (χ2n) is 6.25. The van der Waals surface area contributed by atoms with Crippen molar-refractivity contribution < 1.29 is 4.52 Å². The Bertz CT molecular complexity index is 1180. The van der Waals surface area contributed by atoms with Gasteiger partial charge >= 0.3 is 0 Å². The molecule has 0 saturated heterocycles. The van der Waals surface area contributed by atoms with E-state index >= 15 is 0 Å². The Labute approximate surface area is 160 Å². The standard InChI is InChI=1S/C20H15ClN4O2/c1-12-8-13(2)10-16(9-12)25-7-6-17(26)18(23-25)20-22-19(24-27-20)14-4-3-5-15(21)11-14/h3-11H,1-2H3. The molecule has 2 heterocycles. The summed E-state index contributed by atoms with van der Waals surface area (Å²) < 4.78 is 6.91. The molecule has 2 aromatic heterocycles. The van der Waals surface area contributed by atoms with Gasteiger partial charge in [-0.25, -0.2) is 4.68 Å². The lowest BCUT2D eigenvalue weighted by Crippen LogP contribution is -2.13. The zero-order chi connectivity index (χ0) is 19.0. The van der Waals surface area contributed by atoms with Crippen LogP contribution in [0.15, 0.2) is 64.0 Å². The summed E-state index contributed by atoms with van der Waals surface area (Å²) in [6, 6.07) is 14.6. The van der Waals surface area contributed by atoms with Crippen LogP contribution in [-0.4, -0.2) is 19.9 Å². The van der Waals surface area contributed by atoms with Crippen LogP contribution in [0.4, 0.5) is 0 Å². The Morgan fingerprint density at radius 3 is 2.56 bits per heavy atom. The van der Waals surface area contributed by atoms with Crippen LogP contribution in [0.3, 0.4) is 0 Å². The minimum absolute atomic E-state index is 0.0636. The van der Waals surface area contributed by atoms with Crippen molar-refractivity contribution in [2.24, 2.45) is 0 Å². The molecular formula is C20H15ClN4O2. The van der Waals surface area contributed by atoms with Crippen molar-refractivity contribution in [3.05, 3.63) is 81.1 Å². The van der Waals surface area contributed by atoms with Crippen LogP contribution in [0, 0.1) is 13.8 Å². The maximum absolute atomic E-state index is 12.3. The maximum Gasteiger partial charge on any atom is 0.282 e. The van der Waals surface area contributed by atoms with Gasteiger partial charge in [-0.05, 0) is 49.2 Å². The normalized spacial score (nSPS) is 10.9. The number of hydrogen-bond acceptors (Lipinski definition) is 5. The first-order valence-corrected chi connectivity index (χ1v) is 8.66. The van der Waals surface area contributed by atoms with Gasteiger partial charge in [-0.2, -0.15) is 10.1 Å². The number of rotatable bonds is 3. The molecule has 4 aromatic rings. The number of halogens is 1. The first-order valence-electron chi connectivity index (χ1n) is 8.28. The number of nitrogens with zero attached hydrogens (tertiary/aromatic N) is 4. The lowest BCUT2D eigenvalue weighted by Gasteiger charge is -2.08. The van der Waals surface area contributed by atoms with Crippen molar-refractivity contribution >= 4 is 11.6 Å². The Hall–Kier alpha value is -3.25. The zero-order valence-electron chi connectivity index (χ0n) is 14.7. The SMILES string of the molecule is Cc1cc(C)cc(-n2ccc(=O)c(-c3nc(-c4cccc(Cl)c4)no3)n2)c1. The summed E-state index contributed by atoms with van der Waals surface area (Å²) in [7, 11) is 0. The molecular weight excluding hydrogens is 364 g/mol. The highest BCUT2D eigenvalue weighted by Gasteiger charge is 2.16. The van der Waals surface area contributed by atoms with Crippen molar-refractivity contribution in [1.82, 2.24) is 19.9 Å². The topological polar surface area (TPSA) is 73.8 Å². The van der Waals surface area contributed by atoms with E-state index in [1.165, 1.54) is 6.07 Å². The van der Waals surface area contributed by atoms with Crippen LogP contribution in [-0.2, 0) is 0 Å². The molecule has 0 aliphatic carbocycles. The Balaban J connectivity index is 1.77. The van der Waals surface area contributed by atoms with E-state index in [-0.39, 0.29) is 17.0 Å². The van der Waals surface area contributed by atoms with Gasteiger partial charge < -0.3 is 4.52 Å². The molecule has 7 heteroatoms. The van der Waals surface area contributed by atoms with Gasteiger partial charge in [-0.1, -0.05) is 35.0 Å². The quantitative estimate of drug-likeness (QED) is 0.533. The Morgan fingerprint density at radius 2 is 1.81 bits per heavy atom. The molecule has 0 bridgehead atoms. The summed E-state index contributed by atoms with van der Waals surface area (Å²) in [5.41, 5.74) is 3.56. The molecule has 0 spiro atoms. The molecule has 0 unspecified atom stereocenters. The molecule has 0 N–H and O–H groups in total. The third-order valence-electron chi connectivity index (χ3n) is 3.99. The average molecular weight is 379 g/mol. The lowest BCUT2D eigenvalue weighted by molar-refractivity contribution is 0.429. The Morgan fingerprint density at radius 1 is 1.04 bits per heavy atom. The van der Waals surface area contributed by atoms with E-state index in [1.807, 2.05) is 32.0 Å². The second kappa shape index (κ2) is 6.81. The third-order valence-corrected chi connectivity index (χ3v) is 4.23. The molecule has 0 saturated carbocycles. The van der Waals surface area contributed by atoms with Gasteiger partial charge in [0.15, 0.2) is 5.69 Å². The summed E-state index contributed by atoms with van der Waals surface area (Å²) in [6.45, 7) is 4.02. The van der Waals surface area contributed by atoms with Crippen LogP contribution in [0.5, 0.6) is 0 Å². The van der Waals surface area contributed by atoms with Crippen LogP contribution in [0.1, 0.15) is 11.1 Å². The van der Waals surface area contributed by atoms with E-state index in [4.69, 9.17) is 16.1 Å². The highest BCUT2D eigenvalue weighted by atomic mass is 35.5. The molecule has 0 aliphatic rings. The molecule has 0 amide bonds. The van der Waals surface area contributed by atoms with Crippen molar-refractivity contribution in [2.45, 2.75) is 13.8 Å². The van der Waals surface area contributed by atoms with E-state index in [0.29, 0.717) is 16.4 Å². The molecule has 0 aliphatic heterocycles. The largest absolute Gasteiger partial charge is 0.332 e. The van der Waals surface area contributed by atoms with E-state index < -0.39 is 0 Å². The molecule has 4 rings (SSSR count). The number of aryl methyl sites for hydroxylation is 2. The van der Waals surface area contributed by atoms with E-state index in [0.717, 1.165) is 16.8 Å². The molecule has 0 radical (unpaired) electrons. The fraction of sp³-hybridized carbons (Fsp3) is 0.100. The molecule has 6 nitrogen and oxygen atoms in total. The number of hydrogen-bond donors (Lipinski definition) is 0. The van der Waals surface area contributed by atoms with Crippen molar-refractivity contribution in [3.8, 4) is 28.7 Å². The van der Waals surface area contributed by atoms with Gasteiger partial charge in [0.05, 0.1) is 5.69 Å². The van der Waals surface area contributed by atoms with Gasteiger partial charge in [-0.3, -0.25) is 4.79 Å². The van der Waals surface area contributed by atoms with Crippen LogP contribution < -0.4 is 5.43 Å². The smallest absolute Gasteiger partial charge is 0.282 e. The zero-order valence-corrected chi connectivity index (χ0v) is 15.4. The first kappa shape index (κ1) is 17.2. The van der Waals surface area contributed by atoms with Crippen molar-refractivity contribution in [3.63, 3.8) is 0 Å². The predicted molar refractivity (Wildman–Crippen MR) is 103 cm³/mol. The fourth-order valence-electron chi connectivity index (χ4n) is 2.85. The van der Waals surface area contributed by atoms with Crippen LogP contribution in [0.25, 0.3) is 28.7 Å². The minimum atomic E-state index is -0.295. The summed E-state index contributed by atoms with van der Waals surface area (Å²) in [4.78, 5) is 16.6. The number of aromatic nitrogens is 4. The van der Waals surface area contributed by atoms with Gasteiger partial charge in [0.2, 0.25) is 11.3 Å². The fourth-order valence-corrected chi connectivity index (χ4v) is 3.04. The van der Waals surface area contributed by atoms with E-state index in [2.05, 4.69) is 21.3 Å². The van der Waals surface area contributed by atoms with Gasteiger partial charge in [0, 0.05) is 22.8 Å². The summed E-state index contributed by atoms with van der Waals surface area (Å²) in [5.74, 6) is 0.407. The highest BCUT2D eigenvalue weighted by molar-refractivity contribution is 6.30. The second-order valence-corrected chi connectivity index (χ2v) is 6.69. The van der Waals surface area contributed by atoms with E-state index in [9.17, 15) is 4.79 Å². The average Bonchev–Trinajstić information content (AvgIpc) is 3.11. The molecule has 2 aromatic carbocycles. The first-order chi connectivity index (χ1) is 13.0. The van der Waals surface area contributed by atoms with Crippen molar-refractivity contribution in [2.75, 3.05) is 0 Å². The van der Waals surface area contributed by atoms with Gasteiger partial charge in [-0.15, -0.1) is 0 Å². The molecule has 0 atom stereocenters. The summed E-state index contributed by atoms with van der Waals surface area (Å²) in [5, 5.41) is 8.91. The maximum atomic E-state index is 12.3. The van der Waals surface area contributed by atoms with E-state index in [1.54, 1.807) is 29.1 Å². The predicted octanol–water partition coefficient (Wildman–Crippen LogP) is 4.22.